The van der Waals surface area contributed by atoms with Gasteiger partial charge in [0.2, 0.25) is 5.88 Å². The van der Waals surface area contributed by atoms with E-state index in [1.54, 1.807) is 0 Å². The van der Waals surface area contributed by atoms with Crippen LogP contribution in [0.4, 0.5) is 4.39 Å². The molecule has 2 aliphatic rings. The molecular weight excluding hydrogens is 740 g/mol. The van der Waals surface area contributed by atoms with Gasteiger partial charge in [-0.25, -0.2) is 4.39 Å². The van der Waals surface area contributed by atoms with Gasteiger partial charge in [-0.2, -0.15) is 4.99 Å². The molecule has 5 nitrogen and oxygen atoms in total. The minimum atomic E-state index is -0.318. The number of nitrogens with zero attached hydrogens (tertiary/aromatic N) is 2. The number of likely N-dealkylation sites (tertiary alicyclic amines) is 1. The fourth-order valence-corrected chi connectivity index (χ4v) is 7.96. The van der Waals surface area contributed by atoms with E-state index in [0.29, 0.717) is 54.5 Å². The number of ether oxygens (including phenoxy) is 1. The Morgan fingerprint density at radius 1 is 0.917 bits per heavy atom. The number of rotatable bonds is 18. The Morgan fingerprint density at radius 2 is 1.42 bits per heavy atom. The average Bonchev–Trinajstić information content (AvgIpc) is 3.92. The summed E-state index contributed by atoms with van der Waals surface area (Å²) in [5, 5.41) is 9.65. The Hall–Kier alpha value is -2.99. The van der Waals surface area contributed by atoms with Crippen LogP contribution in [0, 0.1) is 35.4 Å². The molecule has 0 spiro atoms. The standard InChI is InChI=1S/C41H62FN3O.C7H16.C4H11N.C2H6/c1-14-26(9)28(11)35(27(10)25(7)8)39(43)37-34(18-5)33(17-4)36(29(12)38(37)42)40(45-31(15-2)20-21-32(45)16-3)44-30(13)46-24-41(19-6)22-23-41;1-4-6-7(3)5-2;1-4(2)3-5;1-2/h14,31-32,43H,13,15-24H2,1-12H3;7H,4-6H2,1-3H3;4H,3,5H2,1-2H3;1-2H3/b26-14-,35-28-,43-39?,44-40+;;;. The van der Waals surface area contributed by atoms with E-state index in [2.05, 4.69) is 121 Å². The molecular formula is C54H95FN4O. The predicted molar refractivity (Wildman–Crippen MR) is 265 cm³/mol. The quantitative estimate of drug-likeness (QED) is 0.0669. The third kappa shape index (κ3) is 15.7. The number of benzene rings is 1. The average molecular weight is 835 g/mol. The van der Waals surface area contributed by atoms with Gasteiger partial charge in [0.25, 0.3) is 0 Å². The second-order valence-corrected chi connectivity index (χ2v) is 17.8. The monoisotopic (exact) mass is 835 g/mol. The SMILES string of the molecule is C=C(/N=C(\c1c(C)c(F)c(C(=N)/C(C(C)=C(C)C)=C(C)\C(C)=C/C)c(CC)c1CC)N1C(CC)CCC1CC)OCC1(CC)CC1.CC.CC(C)CN.CCCC(C)CC. The van der Waals surface area contributed by atoms with E-state index in [1.165, 1.54) is 32.1 Å². The molecule has 1 aliphatic heterocycles. The van der Waals surface area contributed by atoms with Crippen LogP contribution in [0.5, 0.6) is 0 Å². The molecule has 2 fully saturated rings. The van der Waals surface area contributed by atoms with Crippen LogP contribution in [-0.2, 0) is 17.6 Å². The van der Waals surface area contributed by atoms with Crippen molar-refractivity contribution in [3.8, 4) is 0 Å². The highest BCUT2D eigenvalue weighted by Gasteiger charge is 2.42. The third-order valence-electron chi connectivity index (χ3n) is 13.1. The van der Waals surface area contributed by atoms with Gasteiger partial charge in [0.05, 0.1) is 12.3 Å². The van der Waals surface area contributed by atoms with Crippen LogP contribution in [0.3, 0.4) is 0 Å². The molecule has 1 aromatic rings. The van der Waals surface area contributed by atoms with Crippen molar-refractivity contribution in [3.63, 3.8) is 0 Å². The van der Waals surface area contributed by atoms with Crippen molar-refractivity contribution in [1.29, 1.82) is 5.41 Å². The maximum atomic E-state index is 17.2. The van der Waals surface area contributed by atoms with Crippen molar-refractivity contribution >= 4 is 11.5 Å². The van der Waals surface area contributed by atoms with Crippen molar-refractivity contribution in [1.82, 2.24) is 4.90 Å². The third-order valence-corrected chi connectivity index (χ3v) is 13.1. The van der Waals surface area contributed by atoms with Gasteiger partial charge in [0, 0.05) is 34.2 Å². The van der Waals surface area contributed by atoms with Crippen molar-refractivity contribution in [3.05, 3.63) is 80.0 Å². The van der Waals surface area contributed by atoms with E-state index < -0.39 is 0 Å². The largest absolute Gasteiger partial charge is 0.477 e. The molecule has 0 aromatic heterocycles. The first-order valence-corrected chi connectivity index (χ1v) is 24.2. The summed E-state index contributed by atoms with van der Waals surface area (Å²) in [6.45, 7) is 45.9. The first-order chi connectivity index (χ1) is 28.3. The van der Waals surface area contributed by atoms with Crippen LogP contribution in [-0.4, -0.2) is 41.7 Å². The van der Waals surface area contributed by atoms with E-state index in [1.807, 2.05) is 27.7 Å². The van der Waals surface area contributed by atoms with Gasteiger partial charge in [-0.15, -0.1) is 0 Å². The molecule has 60 heavy (non-hydrogen) atoms. The lowest BCUT2D eigenvalue weighted by Crippen LogP contribution is -2.42. The highest BCUT2D eigenvalue weighted by atomic mass is 19.1. The number of hydrogen-bond donors (Lipinski definition) is 2. The number of hydrogen-bond acceptors (Lipinski definition) is 4. The van der Waals surface area contributed by atoms with Gasteiger partial charge >= 0.3 is 0 Å². The second-order valence-electron chi connectivity index (χ2n) is 17.8. The van der Waals surface area contributed by atoms with Crippen LogP contribution in [0.25, 0.3) is 0 Å². The number of aliphatic imine (C=N–C) groups is 1. The first-order valence-electron chi connectivity index (χ1n) is 24.2. The van der Waals surface area contributed by atoms with Crippen molar-refractivity contribution in [2.75, 3.05) is 13.2 Å². The van der Waals surface area contributed by atoms with E-state index in [0.717, 1.165) is 95.0 Å². The number of amidine groups is 1. The van der Waals surface area contributed by atoms with Gasteiger partial charge in [-0.1, -0.05) is 120 Å². The Balaban J connectivity index is 0.00000214. The van der Waals surface area contributed by atoms with Gasteiger partial charge in [-0.3, -0.25) is 5.41 Å². The molecule has 3 atom stereocenters. The zero-order valence-electron chi connectivity index (χ0n) is 42.8. The molecule has 3 unspecified atom stereocenters. The summed E-state index contributed by atoms with van der Waals surface area (Å²) in [6.07, 6.45) is 15.1. The summed E-state index contributed by atoms with van der Waals surface area (Å²) in [5.74, 6) is 2.49. The molecule has 0 bridgehead atoms. The van der Waals surface area contributed by atoms with Gasteiger partial charge in [0.1, 0.15) is 11.7 Å². The first kappa shape index (κ1) is 57.0. The van der Waals surface area contributed by atoms with Crippen molar-refractivity contribution < 1.29 is 9.13 Å². The smallest absolute Gasteiger partial charge is 0.207 e. The number of halogens is 1. The van der Waals surface area contributed by atoms with Crippen LogP contribution in [0.1, 0.15) is 217 Å². The minimum Gasteiger partial charge on any atom is -0.477 e. The number of nitrogens with one attached hydrogen (secondary N) is 1. The molecule has 3 rings (SSSR count). The van der Waals surface area contributed by atoms with E-state index in [4.69, 9.17) is 15.5 Å². The van der Waals surface area contributed by atoms with Gasteiger partial charge < -0.3 is 15.4 Å². The van der Waals surface area contributed by atoms with E-state index in [-0.39, 0.29) is 16.9 Å². The molecule has 1 heterocycles. The number of allylic oxidation sites excluding steroid dienone is 6. The molecule has 1 aliphatic carbocycles. The van der Waals surface area contributed by atoms with Crippen LogP contribution in [0.15, 0.2) is 51.4 Å². The second kappa shape index (κ2) is 28.6. The summed E-state index contributed by atoms with van der Waals surface area (Å²) < 4.78 is 23.5. The fourth-order valence-electron chi connectivity index (χ4n) is 7.96. The highest BCUT2D eigenvalue weighted by Crippen LogP contribution is 2.49. The van der Waals surface area contributed by atoms with E-state index in [9.17, 15) is 5.41 Å². The van der Waals surface area contributed by atoms with Crippen molar-refractivity contribution in [2.24, 2.45) is 28.0 Å². The zero-order chi connectivity index (χ0) is 46.5. The summed E-state index contributed by atoms with van der Waals surface area (Å²) in [5.41, 5.74) is 14.6. The van der Waals surface area contributed by atoms with Crippen LogP contribution >= 0.6 is 0 Å². The maximum absolute atomic E-state index is 17.2. The lowest BCUT2D eigenvalue weighted by Gasteiger charge is -2.35. The van der Waals surface area contributed by atoms with Crippen LogP contribution < -0.4 is 5.73 Å². The Labute approximate surface area is 371 Å². The predicted octanol–water partition coefficient (Wildman–Crippen LogP) is 15.8. The lowest BCUT2D eigenvalue weighted by molar-refractivity contribution is 0.149. The molecule has 1 saturated heterocycles. The molecule has 0 amide bonds. The Kier molecular flexibility index (Phi) is 27.2. The van der Waals surface area contributed by atoms with Crippen molar-refractivity contribution in [2.45, 2.75) is 221 Å². The highest BCUT2D eigenvalue weighted by molar-refractivity contribution is 6.16. The molecule has 1 saturated carbocycles. The molecule has 0 radical (unpaired) electrons. The lowest BCUT2D eigenvalue weighted by atomic mass is 9.81. The Bertz CT molecular complexity index is 1610. The van der Waals surface area contributed by atoms with E-state index >= 15 is 4.39 Å². The summed E-state index contributed by atoms with van der Waals surface area (Å²) in [4.78, 5) is 7.64. The minimum absolute atomic E-state index is 0.246. The molecule has 1 aromatic carbocycles. The molecule has 3 N–H and O–H groups in total. The summed E-state index contributed by atoms with van der Waals surface area (Å²) >= 11 is 0. The summed E-state index contributed by atoms with van der Waals surface area (Å²) in [7, 11) is 0. The Morgan fingerprint density at radius 3 is 1.77 bits per heavy atom. The van der Waals surface area contributed by atoms with Crippen LogP contribution in [0.2, 0.25) is 0 Å². The molecule has 6 heteroatoms. The maximum Gasteiger partial charge on any atom is 0.207 e. The van der Waals surface area contributed by atoms with Gasteiger partial charge in [0.15, 0.2) is 0 Å². The fraction of sp³-hybridized carbons (Fsp3) is 0.704. The number of nitrogens with two attached hydrogens (primary N) is 1. The topological polar surface area (TPSA) is 74.7 Å². The zero-order valence-corrected chi connectivity index (χ0v) is 42.8. The van der Waals surface area contributed by atoms with Gasteiger partial charge in [-0.05, 0) is 159 Å². The molecule has 344 valence electrons. The normalized spacial score (nSPS) is 17.9. The summed E-state index contributed by atoms with van der Waals surface area (Å²) in [6, 6.07) is 0.636.